The molecule has 1 rings (SSSR count). The molecule has 1 unspecified atom stereocenters. The SMILES string of the molecule is CCNC(=NCC(CCO)CC(C)C)NCCCCc1nc(C)cs1. The molecule has 25 heavy (non-hydrogen) atoms. The summed E-state index contributed by atoms with van der Waals surface area (Å²) in [6.45, 7) is 11.4. The summed E-state index contributed by atoms with van der Waals surface area (Å²) in [6, 6.07) is 0. The summed E-state index contributed by atoms with van der Waals surface area (Å²) >= 11 is 1.75. The van der Waals surface area contributed by atoms with Crippen LogP contribution in [0.2, 0.25) is 0 Å². The fourth-order valence-corrected chi connectivity index (χ4v) is 3.64. The fraction of sp³-hybridized carbons (Fsp3) is 0.789. The van der Waals surface area contributed by atoms with Crippen LogP contribution in [-0.2, 0) is 6.42 Å². The van der Waals surface area contributed by atoms with Crippen LogP contribution >= 0.6 is 11.3 Å². The zero-order valence-corrected chi connectivity index (χ0v) is 17.2. The molecule has 0 fully saturated rings. The van der Waals surface area contributed by atoms with Crippen molar-refractivity contribution in [3.63, 3.8) is 0 Å². The normalized spacial score (nSPS) is 13.3. The number of aliphatic imine (C=N–C) groups is 1. The van der Waals surface area contributed by atoms with E-state index in [0.717, 1.165) is 63.4 Å². The lowest BCUT2D eigenvalue weighted by molar-refractivity contribution is 0.245. The van der Waals surface area contributed by atoms with Crippen molar-refractivity contribution in [1.29, 1.82) is 0 Å². The molecule has 6 heteroatoms. The van der Waals surface area contributed by atoms with Crippen LogP contribution in [0.4, 0.5) is 0 Å². The first kappa shape index (κ1) is 21.9. The maximum atomic E-state index is 9.23. The van der Waals surface area contributed by atoms with Gasteiger partial charge in [0.05, 0.1) is 5.01 Å². The van der Waals surface area contributed by atoms with Gasteiger partial charge in [0.25, 0.3) is 0 Å². The molecule has 1 aromatic heterocycles. The Hall–Kier alpha value is -1.14. The van der Waals surface area contributed by atoms with E-state index < -0.39 is 0 Å². The lowest BCUT2D eigenvalue weighted by Gasteiger charge is -2.17. The minimum atomic E-state index is 0.243. The first-order valence-corrected chi connectivity index (χ1v) is 10.5. The number of aliphatic hydroxyl groups is 1. The number of hydrogen-bond acceptors (Lipinski definition) is 4. The number of guanidine groups is 1. The van der Waals surface area contributed by atoms with Crippen molar-refractivity contribution in [2.45, 2.75) is 59.8 Å². The Morgan fingerprint density at radius 3 is 2.72 bits per heavy atom. The Bertz CT molecular complexity index is 488. The van der Waals surface area contributed by atoms with Gasteiger partial charge in [0.2, 0.25) is 0 Å². The Morgan fingerprint density at radius 1 is 1.32 bits per heavy atom. The van der Waals surface area contributed by atoms with Crippen molar-refractivity contribution >= 4 is 17.3 Å². The maximum Gasteiger partial charge on any atom is 0.191 e. The quantitative estimate of drug-likeness (QED) is 0.300. The predicted octanol–water partition coefficient (Wildman–Crippen LogP) is 3.37. The molecule has 144 valence electrons. The van der Waals surface area contributed by atoms with Crippen molar-refractivity contribution in [2.75, 3.05) is 26.2 Å². The number of hydrogen-bond donors (Lipinski definition) is 3. The fourth-order valence-electron chi connectivity index (χ4n) is 2.82. The van der Waals surface area contributed by atoms with E-state index in [2.05, 4.69) is 41.8 Å². The number of nitrogens with one attached hydrogen (secondary N) is 2. The van der Waals surface area contributed by atoms with Crippen molar-refractivity contribution in [3.05, 3.63) is 16.1 Å². The summed E-state index contributed by atoms with van der Waals surface area (Å²) < 4.78 is 0. The molecule has 0 bridgehead atoms. The Morgan fingerprint density at radius 2 is 2.12 bits per heavy atom. The molecule has 1 heterocycles. The molecular weight excluding hydrogens is 332 g/mol. The van der Waals surface area contributed by atoms with Crippen molar-refractivity contribution < 1.29 is 5.11 Å². The second-order valence-corrected chi connectivity index (χ2v) is 7.94. The van der Waals surface area contributed by atoms with Gasteiger partial charge in [-0.25, -0.2) is 4.98 Å². The van der Waals surface area contributed by atoms with E-state index in [1.165, 1.54) is 5.01 Å². The first-order valence-electron chi connectivity index (χ1n) is 9.59. The van der Waals surface area contributed by atoms with Gasteiger partial charge in [-0.1, -0.05) is 13.8 Å². The van der Waals surface area contributed by atoms with Gasteiger partial charge >= 0.3 is 0 Å². The van der Waals surface area contributed by atoms with Crippen molar-refractivity contribution in [2.24, 2.45) is 16.8 Å². The molecule has 0 radical (unpaired) electrons. The Kier molecular flexibility index (Phi) is 11.5. The highest BCUT2D eigenvalue weighted by Crippen LogP contribution is 2.15. The monoisotopic (exact) mass is 368 g/mol. The number of aryl methyl sites for hydroxylation is 2. The lowest BCUT2D eigenvalue weighted by Crippen LogP contribution is -2.38. The summed E-state index contributed by atoms with van der Waals surface area (Å²) in [7, 11) is 0. The van der Waals surface area contributed by atoms with Gasteiger partial charge in [0, 0.05) is 37.3 Å². The van der Waals surface area contributed by atoms with Gasteiger partial charge in [-0.2, -0.15) is 0 Å². The molecule has 1 atom stereocenters. The third-order valence-electron chi connectivity index (χ3n) is 3.97. The minimum Gasteiger partial charge on any atom is -0.396 e. The summed E-state index contributed by atoms with van der Waals surface area (Å²) in [5.74, 6) is 1.98. The molecule has 0 aliphatic rings. The van der Waals surface area contributed by atoms with Crippen LogP contribution in [-0.4, -0.2) is 42.3 Å². The molecular formula is C19H36N4OS. The maximum absolute atomic E-state index is 9.23. The predicted molar refractivity (Wildman–Crippen MR) is 108 cm³/mol. The molecule has 0 saturated carbocycles. The largest absolute Gasteiger partial charge is 0.396 e. The van der Waals surface area contributed by atoms with Gasteiger partial charge in [0.15, 0.2) is 5.96 Å². The summed E-state index contributed by atoms with van der Waals surface area (Å²) in [5, 5.41) is 19.3. The Balaban J connectivity index is 2.33. The molecule has 0 spiro atoms. The highest BCUT2D eigenvalue weighted by molar-refractivity contribution is 7.09. The topological polar surface area (TPSA) is 69.5 Å². The molecule has 0 aromatic carbocycles. The lowest BCUT2D eigenvalue weighted by atomic mass is 9.94. The van der Waals surface area contributed by atoms with E-state index in [9.17, 15) is 5.11 Å². The minimum absolute atomic E-state index is 0.243. The number of aromatic nitrogens is 1. The van der Waals surface area contributed by atoms with Crippen molar-refractivity contribution in [3.8, 4) is 0 Å². The van der Waals surface area contributed by atoms with Gasteiger partial charge in [-0.05, 0) is 57.8 Å². The molecule has 1 aromatic rings. The van der Waals surface area contributed by atoms with Gasteiger partial charge in [-0.3, -0.25) is 4.99 Å². The van der Waals surface area contributed by atoms with Crippen LogP contribution in [0.25, 0.3) is 0 Å². The van der Waals surface area contributed by atoms with Gasteiger partial charge < -0.3 is 15.7 Å². The zero-order valence-electron chi connectivity index (χ0n) is 16.3. The molecule has 0 amide bonds. The summed E-state index contributed by atoms with van der Waals surface area (Å²) in [6.07, 6.45) is 5.24. The van der Waals surface area contributed by atoms with Crippen LogP contribution in [0.5, 0.6) is 0 Å². The van der Waals surface area contributed by atoms with Crippen LogP contribution < -0.4 is 10.6 Å². The van der Waals surface area contributed by atoms with Gasteiger partial charge in [-0.15, -0.1) is 11.3 Å². The van der Waals surface area contributed by atoms with E-state index in [0.29, 0.717) is 11.8 Å². The second-order valence-electron chi connectivity index (χ2n) is 6.99. The third-order valence-corrected chi connectivity index (χ3v) is 5.00. The highest BCUT2D eigenvalue weighted by Gasteiger charge is 2.10. The second kappa shape index (κ2) is 13.1. The standard InChI is InChI=1S/C19H36N4OS/c1-5-20-19(22-13-17(9-11-24)12-15(2)3)21-10-7-6-8-18-23-16(4)14-25-18/h14-15,17,24H,5-13H2,1-4H3,(H2,20,21,22). The van der Waals surface area contributed by atoms with Crippen LogP contribution in [0.15, 0.2) is 10.4 Å². The van der Waals surface area contributed by atoms with E-state index in [4.69, 9.17) is 4.99 Å². The van der Waals surface area contributed by atoms with Crippen LogP contribution in [0.1, 0.15) is 57.2 Å². The first-order chi connectivity index (χ1) is 12.0. The molecule has 0 aliphatic heterocycles. The van der Waals surface area contributed by atoms with E-state index in [1.54, 1.807) is 11.3 Å². The van der Waals surface area contributed by atoms with E-state index in [-0.39, 0.29) is 6.61 Å². The number of unbranched alkanes of at least 4 members (excludes halogenated alkanes) is 1. The summed E-state index contributed by atoms with van der Waals surface area (Å²) in [4.78, 5) is 9.22. The Labute approximate surface area is 157 Å². The summed E-state index contributed by atoms with van der Waals surface area (Å²) in [5.41, 5.74) is 1.12. The highest BCUT2D eigenvalue weighted by atomic mass is 32.1. The number of aliphatic hydroxyl groups excluding tert-OH is 1. The van der Waals surface area contributed by atoms with E-state index in [1.807, 2.05) is 6.92 Å². The molecule has 5 nitrogen and oxygen atoms in total. The van der Waals surface area contributed by atoms with Crippen LogP contribution in [0, 0.1) is 18.8 Å². The number of thiazole rings is 1. The molecule has 3 N–H and O–H groups in total. The average molecular weight is 369 g/mol. The van der Waals surface area contributed by atoms with Gasteiger partial charge in [0.1, 0.15) is 0 Å². The van der Waals surface area contributed by atoms with E-state index >= 15 is 0 Å². The zero-order chi connectivity index (χ0) is 18.5. The smallest absolute Gasteiger partial charge is 0.191 e. The molecule has 0 aliphatic carbocycles. The van der Waals surface area contributed by atoms with Crippen molar-refractivity contribution in [1.82, 2.24) is 15.6 Å². The molecule has 0 saturated heterocycles. The number of rotatable bonds is 12. The third kappa shape index (κ3) is 10.4. The number of nitrogens with zero attached hydrogens (tertiary/aromatic N) is 2. The average Bonchev–Trinajstić information content (AvgIpc) is 2.97. The van der Waals surface area contributed by atoms with Crippen LogP contribution in [0.3, 0.4) is 0 Å².